The van der Waals surface area contributed by atoms with E-state index in [2.05, 4.69) is 40.5 Å². The van der Waals surface area contributed by atoms with E-state index < -0.39 is 0 Å². The molecular formula is C16H15N5S. The van der Waals surface area contributed by atoms with Gasteiger partial charge in [-0.05, 0) is 23.3 Å². The summed E-state index contributed by atoms with van der Waals surface area (Å²) in [4.78, 5) is 0. The Hall–Kier alpha value is -2.52. The zero-order chi connectivity index (χ0) is 15.5. The molecule has 2 aromatic carbocycles. The van der Waals surface area contributed by atoms with Gasteiger partial charge in [-0.2, -0.15) is 5.26 Å². The van der Waals surface area contributed by atoms with E-state index in [1.807, 2.05) is 25.1 Å². The Kier molecular flexibility index (Phi) is 3.98. The standard InChI is InChI=1S/C16H15N5S/c1-11(10-17)22-16-20-19-15(21(16)18)9-13-7-4-6-12-5-2-3-8-14(12)13/h2-8,11H,9,18H2,1H3/t11-/m1/s1. The van der Waals surface area contributed by atoms with E-state index in [1.54, 1.807) is 0 Å². The Morgan fingerprint density at radius 2 is 2.00 bits per heavy atom. The summed E-state index contributed by atoms with van der Waals surface area (Å²) in [6, 6.07) is 16.6. The summed E-state index contributed by atoms with van der Waals surface area (Å²) in [5, 5.41) is 19.8. The van der Waals surface area contributed by atoms with Crippen molar-refractivity contribution in [3.05, 3.63) is 53.9 Å². The maximum Gasteiger partial charge on any atom is 0.211 e. The number of nitrogens with zero attached hydrogens (tertiary/aromatic N) is 4. The lowest BCUT2D eigenvalue weighted by Gasteiger charge is -2.07. The van der Waals surface area contributed by atoms with Crippen LogP contribution in [0.1, 0.15) is 18.3 Å². The predicted octanol–water partition coefficient (Wildman–Crippen LogP) is 2.74. The molecule has 0 bridgehead atoms. The number of nitriles is 1. The van der Waals surface area contributed by atoms with Crippen LogP contribution >= 0.6 is 11.8 Å². The first-order valence-corrected chi connectivity index (χ1v) is 7.79. The first-order valence-electron chi connectivity index (χ1n) is 6.91. The van der Waals surface area contributed by atoms with Crippen LogP contribution in [0.2, 0.25) is 0 Å². The highest BCUT2D eigenvalue weighted by molar-refractivity contribution is 8.00. The van der Waals surface area contributed by atoms with E-state index in [9.17, 15) is 0 Å². The fourth-order valence-corrected chi connectivity index (χ4v) is 2.99. The van der Waals surface area contributed by atoms with Crippen molar-refractivity contribution in [1.82, 2.24) is 14.9 Å². The lowest BCUT2D eigenvalue weighted by atomic mass is 10.0. The Bertz CT molecular complexity index is 844. The molecular weight excluding hydrogens is 294 g/mol. The van der Waals surface area contributed by atoms with Gasteiger partial charge in [0.25, 0.3) is 0 Å². The molecule has 0 amide bonds. The van der Waals surface area contributed by atoms with Gasteiger partial charge in [0.1, 0.15) is 0 Å². The van der Waals surface area contributed by atoms with Crippen molar-refractivity contribution in [2.75, 3.05) is 5.84 Å². The molecule has 0 saturated heterocycles. The average Bonchev–Trinajstić information content (AvgIpc) is 2.88. The van der Waals surface area contributed by atoms with Crippen LogP contribution in [-0.2, 0) is 6.42 Å². The molecule has 0 spiro atoms. The largest absolute Gasteiger partial charge is 0.336 e. The second kappa shape index (κ2) is 6.08. The second-order valence-electron chi connectivity index (χ2n) is 4.97. The molecule has 0 aliphatic rings. The highest BCUT2D eigenvalue weighted by atomic mass is 32.2. The molecule has 0 fully saturated rings. The summed E-state index contributed by atoms with van der Waals surface area (Å²) >= 11 is 1.31. The molecule has 5 nitrogen and oxygen atoms in total. The summed E-state index contributed by atoms with van der Waals surface area (Å²) < 4.78 is 1.47. The highest BCUT2D eigenvalue weighted by Crippen LogP contribution is 2.23. The highest BCUT2D eigenvalue weighted by Gasteiger charge is 2.14. The number of hydrogen-bond donors (Lipinski definition) is 1. The Morgan fingerprint density at radius 1 is 1.23 bits per heavy atom. The fourth-order valence-electron chi connectivity index (χ4n) is 2.31. The zero-order valence-electron chi connectivity index (χ0n) is 12.1. The van der Waals surface area contributed by atoms with Gasteiger partial charge in [0.2, 0.25) is 5.16 Å². The molecule has 0 radical (unpaired) electrons. The number of nitrogen functional groups attached to an aromatic ring is 1. The quantitative estimate of drug-likeness (QED) is 0.592. The first-order chi connectivity index (χ1) is 10.7. The summed E-state index contributed by atoms with van der Waals surface area (Å²) in [5.74, 6) is 6.74. The molecule has 110 valence electrons. The minimum atomic E-state index is -0.211. The maximum atomic E-state index is 8.88. The fraction of sp³-hybridized carbons (Fsp3) is 0.188. The molecule has 0 unspecified atom stereocenters. The van der Waals surface area contributed by atoms with Crippen LogP contribution in [0.25, 0.3) is 10.8 Å². The zero-order valence-corrected chi connectivity index (χ0v) is 12.9. The SMILES string of the molecule is C[C@H](C#N)Sc1nnc(Cc2cccc3ccccc23)n1N. The van der Waals surface area contributed by atoms with Crippen molar-refractivity contribution in [2.45, 2.75) is 23.8 Å². The minimum absolute atomic E-state index is 0.211. The Morgan fingerprint density at radius 3 is 2.82 bits per heavy atom. The molecule has 1 heterocycles. The van der Waals surface area contributed by atoms with Gasteiger partial charge in [-0.1, -0.05) is 54.2 Å². The van der Waals surface area contributed by atoms with Crippen molar-refractivity contribution in [3.63, 3.8) is 0 Å². The lowest BCUT2D eigenvalue weighted by Crippen LogP contribution is -2.15. The number of thioether (sulfide) groups is 1. The maximum absolute atomic E-state index is 8.88. The van der Waals surface area contributed by atoms with Crippen LogP contribution < -0.4 is 5.84 Å². The van der Waals surface area contributed by atoms with Gasteiger partial charge in [-0.25, -0.2) is 4.68 Å². The minimum Gasteiger partial charge on any atom is -0.336 e. The molecule has 1 atom stereocenters. The molecule has 6 heteroatoms. The number of fused-ring (bicyclic) bond motifs is 1. The third-order valence-electron chi connectivity index (χ3n) is 3.43. The number of hydrogen-bond acceptors (Lipinski definition) is 5. The molecule has 0 saturated carbocycles. The van der Waals surface area contributed by atoms with Crippen LogP contribution in [0.15, 0.2) is 47.6 Å². The van der Waals surface area contributed by atoms with Crippen molar-refractivity contribution in [2.24, 2.45) is 0 Å². The monoisotopic (exact) mass is 309 g/mol. The van der Waals surface area contributed by atoms with E-state index in [0.717, 1.165) is 5.56 Å². The van der Waals surface area contributed by atoms with Crippen LogP contribution in [0.4, 0.5) is 0 Å². The Balaban J connectivity index is 1.91. The van der Waals surface area contributed by atoms with Gasteiger partial charge in [0.15, 0.2) is 5.82 Å². The van der Waals surface area contributed by atoms with Crippen molar-refractivity contribution < 1.29 is 0 Å². The summed E-state index contributed by atoms with van der Waals surface area (Å²) in [7, 11) is 0. The van der Waals surface area contributed by atoms with Crippen LogP contribution in [0.3, 0.4) is 0 Å². The van der Waals surface area contributed by atoms with Crippen LogP contribution in [-0.4, -0.2) is 20.1 Å². The van der Waals surface area contributed by atoms with Gasteiger partial charge in [0, 0.05) is 6.42 Å². The van der Waals surface area contributed by atoms with Gasteiger partial charge >= 0.3 is 0 Å². The van der Waals surface area contributed by atoms with E-state index in [-0.39, 0.29) is 5.25 Å². The predicted molar refractivity (Wildman–Crippen MR) is 87.9 cm³/mol. The molecule has 3 aromatic rings. The molecule has 0 aliphatic carbocycles. The normalized spacial score (nSPS) is 12.2. The summed E-state index contributed by atoms with van der Waals surface area (Å²) in [6.45, 7) is 1.81. The molecule has 3 rings (SSSR count). The van der Waals surface area contributed by atoms with Crippen molar-refractivity contribution in [1.29, 1.82) is 5.26 Å². The van der Waals surface area contributed by atoms with E-state index in [1.165, 1.54) is 27.2 Å². The number of nitrogens with two attached hydrogens (primary N) is 1. The first kappa shape index (κ1) is 14.4. The smallest absolute Gasteiger partial charge is 0.211 e. The van der Waals surface area contributed by atoms with E-state index in [4.69, 9.17) is 11.1 Å². The lowest BCUT2D eigenvalue weighted by molar-refractivity contribution is 0.805. The van der Waals surface area contributed by atoms with E-state index >= 15 is 0 Å². The van der Waals surface area contributed by atoms with Gasteiger partial charge in [-0.3, -0.25) is 0 Å². The van der Waals surface area contributed by atoms with Crippen molar-refractivity contribution in [3.8, 4) is 6.07 Å². The van der Waals surface area contributed by atoms with Crippen LogP contribution in [0, 0.1) is 11.3 Å². The molecule has 1 aromatic heterocycles. The summed E-state index contributed by atoms with van der Waals surface area (Å²) in [5.41, 5.74) is 1.15. The second-order valence-corrected chi connectivity index (χ2v) is 6.28. The topological polar surface area (TPSA) is 80.5 Å². The molecule has 22 heavy (non-hydrogen) atoms. The van der Waals surface area contributed by atoms with Gasteiger partial charge < -0.3 is 5.84 Å². The van der Waals surface area contributed by atoms with Gasteiger partial charge in [0.05, 0.1) is 11.3 Å². The van der Waals surface area contributed by atoms with Crippen molar-refractivity contribution >= 4 is 22.5 Å². The van der Waals surface area contributed by atoms with Gasteiger partial charge in [-0.15, -0.1) is 10.2 Å². The summed E-state index contributed by atoms with van der Waals surface area (Å²) in [6.07, 6.45) is 0.604. The number of benzene rings is 2. The number of rotatable bonds is 4. The van der Waals surface area contributed by atoms with Crippen LogP contribution in [0.5, 0.6) is 0 Å². The van der Waals surface area contributed by atoms with E-state index in [0.29, 0.717) is 17.4 Å². The third kappa shape index (κ3) is 2.76. The molecule has 2 N–H and O–H groups in total. The Labute approximate surface area is 132 Å². The molecule has 0 aliphatic heterocycles. The number of aromatic nitrogens is 3. The third-order valence-corrected chi connectivity index (χ3v) is 4.38. The average molecular weight is 309 g/mol.